The lowest BCUT2D eigenvalue weighted by Crippen LogP contribution is -1.99. The number of alkyl halides is 1. The van der Waals surface area contributed by atoms with Crippen LogP contribution in [0.1, 0.15) is 16.5 Å². The van der Waals surface area contributed by atoms with Gasteiger partial charge in [-0.3, -0.25) is 4.98 Å². The summed E-state index contributed by atoms with van der Waals surface area (Å²) >= 11 is 12.6. The van der Waals surface area contributed by atoms with Gasteiger partial charge in [-0.1, -0.05) is 11.6 Å². The molecule has 106 valence electrons. The number of aromatic nitrogens is 1. The zero-order valence-corrected chi connectivity index (χ0v) is 12.8. The van der Waals surface area contributed by atoms with Crippen LogP contribution in [-0.2, 0) is 6.42 Å². The van der Waals surface area contributed by atoms with Gasteiger partial charge in [0.05, 0.1) is 24.6 Å². The summed E-state index contributed by atoms with van der Waals surface area (Å²) in [5, 5.41) is 0.395. The van der Waals surface area contributed by atoms with E-state index in [1.54, 1.807) is 26.6 Å². The maximum atomic E-state index is 6.48. The molecule has 1 unspecified atom stereocenters. The lowest BCUT2D eigenvalue weighted by Gasteiger charge is -2.14. The molecule has 0 saturated carbocycles. The minimum Gasteiger partial charge on any atom is -0.497 e. The van der Waals surface area contributed by atoms with Gasteiger partial charge in [-0.25, -0.2) is 0 Å². The largest absolute Gasteiger partial charge is 0.497 e. The van der Waals surface area contributed by atoms with Crippen LogP contribution in [0.5, 0.6) is 11.5 Å². The summed E-state index contributed by atoms with van der Waals surface area (Å²) in [5.74, 6) is 1.43. The molecule has 0 aliphatic rings. The molecule has 0 aliphatic carbocycles. The van der Waals surface area contributed by atoms with Crippen molar-refractivity contribution < 1.29 is 9.47 Å². The van der Waals surface area contributed by atoms with Gasteiger partial charge in [0.25, 0.3) is 0 Å². The third-order valence-electron chi connectivity index (χ3n) is 2.99. The molecule has 20 heavy (non-hydrogen) atoms. The molecule has 1 aromatic carbocycles. The van der Waals surface area contributed by atoms with Crippen LogP contribution in [0.3, 0.4) is 0 Å². The van der Waals surface area contributed by atoms with E-state index >= 15 is 0 Å². The number of halogens is 2. The zero-order valence-electron chi connectivity index (χ0n) is 11.3. The zero-order chi connectivity index (χ0) is 14.5. The van der Waals surface area contributed by atoms with E-state index in [2.05, 4.69) is 4.98 Å². The smallest absolute Gasteiger partial charge is 0.122 e. The van der Waals surface area contributed by atoms with Crippen molar-refractivity contribution in [3.8, 4) is 11.5 Å². The Morgan fingerprint density at radius 2 is 1.80 bits per heavy atom. The van der Waals surface area contributed by atoms with E-state index in [1.807, 2.05) is 24.3 Å². The molecule has 1 atom stereocenters. The minimum atomic E-state index is -0.223. The molecule has 0 N–H and O–H groups in total. The van der Waals surface area contributed by atoms with E-state index in [9.17, 15) is 0 Å². The maximum Gasteiger partial charge on any atom is 0.122 e. The molecule has 0 amide bonds. The minimum absolute atomic E-state index is 0.223. The van der Waals surface area contributed by atoms with Crippen LogP contribution >= 0.6 is 23.2 Å². The predicted molar refractivity (Wildman–Crippen MR) is 81.1 cm³/mol. The average Bonchev–Trinajstić information content (AvgIpc) is 2.48. The van der Waals surface area contributed by atoms with E-state index in [0.29, 0.717) is 22.9 Å². The van der Waals surface area contributed by atoms with Gasteiger partial charge in [-0.05, 0) is 35.7 Å². The first-order chi connectivity index (χ1) is 9.63. The Hall–Kier alpha value is -1.45. The molecule has 0 bridgehead atoms. The molecule has 5 heteroatoms. The van der Waals surface area contributed by atoms with Gasteiger partial charge in [0, 0.05) is 18.5 Å². The Morgan fingerprint density at radius 3 is 2.35 bits per heavy atom. The Balaban J connectivity index is 2.24. The first kappa shape index (κ1) is 14.9. The van der Waals surface area contributed by atoms with Gasteiger partial charge in [-0.2, -0.15) is 0 Å². The Bertz CT molecular complexity index is 568. The van der Waals surface area contributed by atoms with E-state index in [0.717, 1.165) is 11.1 Å². The first-order valence-electron chi connectivity index (χ1n) is 6.09. The maximum absolute atomic E-state index is 6.48. The number of benzene rings is 1. The molecular weight excluding hydrogens is 297 g/mol. The molecular formula is C15H15Cl2NO2. The third kappa shape index (κ3) is 3.56. The molecule has 3 nitrogen and oxygen atoms in total. The fourth-order valence-corrected chi connectivity index (χ4v) is 2.38. The van der Waals surface area contributed by atoms with Crippen molar-refractivity contribution in [2.24, 2.45) is 0 Å². The van der Waals surface area contributed by atoms with Crippen LogP contribution < -0.4 is 9.47 Å². The van der Waals surface area contributed by atoms with Crippen molar-refractivity contribution in [2.45, 2.75) is 11.8 Å². The lowest BCUT2D eigenvalue weighted by molar-refractivity contribution is 0.393. The van der Waals surface area contributed by atoms with Crippen LogP contribution in [-0.4, -0.2) is 19.2 Å². The Morgan fingerprint density at radius 1 is 1.15 bits per heavy atom. The Kier molecular flexibility index (Phi) is 5.10. The van der Waals surface area contributed by atoms with Crippen LogP contribution in [0.4, 0.5) is 0 Å². The molecule has 2 rings (SSSR count). The number of pyridine rings is 1. The fourth-order valence-electron chi connectivity index (χ4n) is 1.89. The summed E-state index contributed by atoms with van der Waals surface area (Å²) in [6.07, 6.45) is 3.93. The second-order valence-electron chi connectivity index (χ2n) is 4.28. The highest BCUT2D eigenvalue weighted by Gasteiger charge is 2.13. The van der Waals surface area contributed by atoms with Gasteiger partial charge < -0.3 is 9.47 Å². The fraction of sp³-hybridized carbons (Fsp3) is 0.267. The quantitative estimate of drug-likeness (QED) is 0.772. The van der Waals surface area contributed by atoms with Crippen molar-refractivity contribution in [3.05, 3.63) is 52.8 Å². The van der Waals surface area contributed by atoms with Crippen molar-refractivity contribution in [2.75, 3.05) is 14.2 Å². The number of ether oxygens (including phenoxy) is 2. The third-order valence-corrected chi connectivity index (χ3v) is 3.74. The predicted octanol–water partition coefficient (Wildman–Crippen LogP) is 4.27. The van der Waals surface area contributed by atoms with E-state index in [4.69, 9.17) is 32.7 Å². The van der Waals surface area contributed by atoms with E-state index in [-0.39, 0.29) is 5.38 Å². The number of nitrogens with zero attached hydrogens (tertiary/aromatic N) is 1. The molecule has 2 aromatic rings. The highest BCUT2D eigenvalue weighted by Crippen LogP contribution is 2.32. The Labute approximate surface area is 128 Å². The van der Waals surface area contributed by atoms with Gasteiger partial charge >= 0.3 is 0 Å². The second-order valence-corrected chi connectivity index (χ2v) is 5.22. The lowest BCUT2D eigenvalue weighted by atomic mass is 10.0. The van der Waals surface area contributed by atoms with Crippen molar-refractivity contribution >= 4 is 23.2 Å². The first-order valence-corrected chi connectivity index (χ1v) is 6.91. The van der Waals surface area contributed by atoms with Crippen LogP contribution in [0.2, 0.25) is 5.02 Å². The highest BCUT2D eigenvalue weighted by molar-refractivity contribution is 6.31. The summed E-state index contributed by atoms with van der Waals surface area (Å²) in [5.41, 5.74) is 1.89. The molecule has 1 heterocycles. The number of rotatable bonds is 5. The van der Waals surface area contributed by atoms with E-state index < -0.39 is 0 Å². The number of methoxy groups -OCH3 is 2. The van der Waals surface area contributed by atoms with Gasteiger partial charge in [0.15, 0.2) is 0 Å². The van der Waals surface area contributed by atoms with Crippen molar-refractivity contribution in [1.82, 2.24) is 4.98 Å². The molecule has 0 spiro atoms. The van der Waals surface area contributed by atoms with Crippen LogP contribution in [0.25, 0.3) is 0 Å². The standard InChI is InChI=1S/C15H15Cl2NO2/c1-19-12-5-11(6-13(8-12)20-2)14(16)7-10-3-4-18-9-15(10)17/h3-6,8-9,14H,7H2,1-2H3. The van der Waals surface area contributed by atoms with E-state index in [1.165, 1.54) is 0 Å². The monoisotopic (exact) mass is 311 g/mol. The summed E-state index contributed by atoms with van der Waals surface area (Å²) in [6, 6.07) is 7.48. The van der Waals surface area contributed by atoms with Gasteiger partial charge in [-0.15, -0.1) is 11.6 Å². The summed E-state index contributed by atoms with van der Waals surface area (Å²) in [7, 11) is 3.23. The molecule has 0 saturated heterocycles. The van der Waals surface area contributed by atoms with Crippen molar-refractivity contribution in [3.63, 3.8) is 0 Å². The van der Waals surface area contributed by atoms with Gasteiger partial charge in [0.1, 0.15) is 11.5 Å². The molecule has 0 aliphatic heterocycles. The highest BCUT2D eigenvalue weighted by atomic mass is 35.5. The summed E-state index contributed by atoms with van der Waals surface area (Å²) in [4.78, 5) is 3.96. The van der Waals surface area contributed by atoms with Crippen LogP contribution in [0, 0.1) is 0 Å². The summed E-state index contributed by atoms with van der Waals surface area (Å²) in [6.45, 7) is 0. The summed E-state index contributed by atoms with van der Waals surface area (Å²) < 4.78 is 10.5. The number of hydrogen-bond acceptors (Lipinski definition) is 3. The second kappa shape index (κ2) is 6.82. The van der Waals surface area contributed by atoms with Crippen LogP contribution in [0.15, 0.2) is 36.7 Å². The average molecular weight is 312 g/mol. The molecule has 0 fully saturated rings. The van der Waals surface area contributed by atoms with Gasteiger partial charge in [0.2, 0.25) is 0 Å². The number of hydrogen-bond donors (Lipinski definition) is 0. The SMILES string of the molecule is COc1cc(OC)cc(C(Cl)Cc2ccncc2Cl)c1. The normalized spacial score (nSPS) is 12.0. The molecule has 0 radical (unpaired) electrons. The topological polar surface area (TPSA) is 31.4 Å². The molecule has 1 aromatic heterocycles. The van der Waals surface area contributed by atoms with Crippen molar-refractivity contribution in [1.29, 1.82) is 0 Å².